The van der Waals surface area contributed by atoms with Crippen LogP contribution >= 0.6 is 0 Å². The maximum atomic E-state index is 12.0. The molecule has 0 N–H and O–H groups in total. The predicted octanol–water partition coefficient (Wildman–Crippen LogP) is 1.45. The van der Waals surface area contributed by atoms with Gasteiger partial charge in [0.25, 0.3) is 5.91 Å². The van der Waals surface area contributed by atoms with E-state index >= 15 is 0 Å². The van der Waals surface area contributed by atoms with Crippen molar-refractivity contribution in [2.45, 2.75) is 25.9 Å². The van der Waals surface area contributed by atoms with Crippen LogP contribution in [0.5, 0.6) is 0 Å². The quantitative estimate of drug-likeness (QED) is 0.779. The maximum absolute atomic E-state index is 12.0. The van der Waals surface area contributed by atoms with Gasteiger partial charge in [0.05, 0.1) is 0 Å². The van der Waals surface area contributed by atoms with Crippen molar-refractivity contribution in [1.82, 2.24) is 10.1 Å². The zero-order valence-electron chi connectivity index (χ0n) is 9.44. The van der Waals surface area contributed by atoms with Crippen LogP contribution in [0.1, 0.15) is 35.5 Å². The van der Waals surface area contributed by atoms with Gasteiger partial charge in [-0.15, -0.1) is 0 Å². The smallest absolute Gasteiger partial charge is 0.276 e. The summed E-state index contributed by atoms with van der Waals surface area (Å²) in [6.45, 7) is 2.00. The molecule has 0 aliphatic carbocycles. The summed E-state index contributed by atoms with van der Waals surface area (Å²) in [5, 5.41) is 3.76. The van der Waals surface area contributed by atoms with Crippen LogP contribution < -0.4 is 0 Å². The SMILES string of the molecule is COCc1cc(C(=O)N2CCCCC2)no1. The molecule has 16 heavy (non-hydrogen) atoms. The van der Waals surface area contributed by atoms with E-state index in [1.807, 2.05) is 4.90 Å². The monoisotopic (exact) mass is 224 g/mol. The van der Waals surface area contributed by atoms with Gasteiger partial charge < -0.3 is 14.2 Å². The molecule has 5 heteroatoms. The molecule has 1 aliphatic rings. The molecule has 1 fully saturated rings. The van der Waals surface area contributed by atoms with Crippen molar-refractivity contribution in [3.8, 4) is 0 Å². The van der Waals surface area contributed by atoms with Crippen molar-refractivity contribution < 1.29 is 14.1 Å². The van der Waals surface area contributed by atoms with Gasteiger partial charge in [-0.05, 0) is 19.3 Å². The number of hydrogen-bond donors (Lipinski definition) is 0. The number of likely N-dealkylation sites (tertiary alicyclic amines) is 1. The molecule has 1 aromatic heterocycles. The van der Waals surface area contributed by atoms with E-state index in [-0.39, 0.29) is 5.91 Å². The molecular formula is C11H16N2O3. The van der Waals surface area contributed by atoms with Crippen LogP contribution in [-0.4, -0.2) is 36.2 Å². The van der Waals surface area contributed by atoms with Crippen LogP contribution in [0.2, 0.25) is 0 Å². The van der Waals surface area contributed by atoms with E-state index in [9.17, 15) is 4.79 Å². The predicted molar refractivity (Wildman–Crippen MR) is 57.0 cm³/mol. The number of carbonyl (C=O) groups is 1. The standard InChI is InChI=1S/C11H16N2O3/c1-15-8-9-7-10(12-16-9)11(14)13-5-3-2-4-6-13/h7H,2-6,8H2,1H3. The van der Waals surface area contributed by atoms with Crippen molar-refractivity contribution in [2.24, 2.45) is 0 Å². The highest BCUT2D eigenvalue weighted by Crippen LogP contribution is 2.13. The molecule has 0 atom stereocenters. The Bertz CT molecular complexity index is 356. The first-order valence-corrected chi connectivity index (χ1v) is 5.55. The summed E-state index contributed by atoms with van der Waals surface area (Å²) >= 11 is 0. The highest BCUT2D eigenvalue weighted by atomic mass is 16.5. The van der Waals surface area contributed by atoms with Crippen LogP contribution in [0, 0.1) is 0 Å². The highest BCUT2D eigenvalue weighted by Gasteiger charge is 2.21. The second-order valence-electron chi connectivity index (χ2n) is 3.96. The topological polar surface area (TPSA) is 55.6 Å². The molecule has 1 aliphatic heterocycles. The first kappa shape index (κ1) is 11.1. The van der Waals surface area contributed by atoms with Crippen LogP contribution in [0.3, 0.4) is 0 Å². The van der Waals surface area contributed by atoms with Crippen molar-refractivity contribution in [2.75, 3.05) is 20.2 Å². The van der Waals surface area contributed by atoms with Crippen molar-refractivity contribution in [3.63, 3.8) is 0 Å². The van der Waals surface area contributed by atoms with E-state index in [1.165, 1.54) is 6.42 Å². The lowest BCUT2D eigenvalue weighted by Crippen LogP contribution is -2.35. The Morgan fingerprint density at radius 2 is 2.25 bits per heavy atom. The van der Waals surface area contributed by atoms with Crippen LogP contribution in [0.25, 0.3) is 0 Å². The number of methoxy groups -OCH3 is 1. The van der Waals surface area contributed by atoms with E-state index in [4.69, 9.17) is 9.26 Å². The van der Waals surface area contributed by atoms with Gasteiger partial charge in [-0.25, -0.2) is 0 Å². The third-order valence-corrected chi connectivity index (χ3v) is 2.71. The lowest BCUT2D eigenvalue weighted by atomic mass is 10.1. The molecule has 1 aromatic rings. The molecular weight excluding hydrogens is 208 g/mol. The minimum Gasteiger partial charge on any atom is -0.377 e. The van der Waals surface area contributed by atoms with Gasteiger partial charge in [-0.1, -0.05) is 5.16 Å². The molecule has 0 spiro atoms. The molecule has 1 saturated heterocycles. The van der Waals surface area contributed by atoms with Crippen molar-refractivity contribution >= 4 is 5.91 Å². The summed E-state index contributed by atoms with van der Waals surface area (Å²) in [7, 11) is 1.58. The highest BCUT2D eigenvalue weighted by molar-refractivity contribution is 5.92. The Morgan fingerprint density at radius 1 is 1.50 bits per heavy atom. The molecule has 0 saturated carbocycles. The minimum absolute atomic E-state index is 0.0363. The van der Waals surface area contributed by atoms with Gasteiger partial charge in [0.2, 0.25) is 0 Å². The van der Waals surface area contributed by atoms with Gasteiger partial charge >= 0.3 is 0 Å². The average molecular weight is 224 g/mol. The third-order valence-electron chi connectivity index (χ3n) is 2.71. The molecule has 0 radical (unpaired) electrons. The van der Waals surface area contributed by atoms with Crippen molar-refractivity contribution in [1.29, 1.82) is 0 Å². The summed E-state index contributed by atoms with van der Waals surface area (Å²) in [5.41, 5.74) is 0.383. The summed E-state index contributed by atoms with van der Waals surface area (Å²) in [6.07, 6.45) is 3.36. The number of carbonyl (C=O) groups excluding carboxylic acids is 1. The lowest BCUT2D eigenvalue weighted by Gasteiger charge is -2.25. The second-order valence-corrected chi connectivity index (χ2v) is 3.96. The molecule has 2 rings (SSSR count). The van der Waals surface area contributed by atoms with Crippen LogP contribution in [0.15, 0.2) is 10.6 Å². The molecule has 1 amide bonds. The number of ether oxygens (including phenoxy) is 1. The van der Waals surface area contributed by atoms with Gasteiger partial charge in [0.15, 0.2) is 11.5 Å². The van der Waals surface area contributed by atoms with Crippen LogP contribution in [-0.2, 0) is 11.3 Å². The van der Waals surface area contributed by atoms with Gasteiger partial charge in [0, 0.05) is 26.3 Å². The Kier molecular flexibility index (Phi) is 3.56. The number of piperidine rings is 1. The fraction of sp³-hybridized carbons (Fsp3) is 0.636. The number of hydrogen-bond acceptors (Lipinski definition) is 4. The van der Waals surface area contributed by atoms with Crippen LogP contribution in [0.4, 0.5) is 0 Å². The van der Waals surface area contributed by atoms with E-state index in [2.05, 4.69) is 5.16 Å². The van der Waals surface area contributed by atoms with E-state index in [1.54, 1.807) is 13.2 Å². The maximum Gasteiger partial charge on any atom is 0.276 e. The first-order chi connectivity index (χ1) is 7.81. The van der Waals surface area contributed by atoms with Gasteiger partial charge in [-0.3, -0.25) is 4.79 Å². The summed E-state index contributed by atoms with van der Waals surface area (Å²) in [6, 6.07) is 1.65. The number of amides is 1. The Hall–Kier alpha value is -1.36. The summed E-state index contributed by atoms with van der Waals surface area (Å²) in [5.74, 6) is 0.550. The molecule has 0 unspecified atom stereocenters. The van der Waals surface area contributed by atoms with E-state index < -0.39 is 0 Å². The fourth-order valence-corrected chi connectivity index (χ4v) is 1.88. The Balaban J connectivity index is 2.01. The first-order valence-electron chi connectivity index (χ1n) is 5.55. The number of aromatic nitrogens is 1. The van der Waals surface area contributed by atoms with E-state index in [0.717, 1.165) is 25.9 Å². The largest absolute Gasteiger partial charge is 0.377 e. The molecule has 0 aromatic carbocycles. The molecule has 5 nitrogen and oxygen atoms in total. The van der Waals surface area contributed by atoms with Gasteiger partial charge in [0.1, 0.15) is 6.61 Å². The van der Waals surface area contributed by atoms with E-state index in [0.29, 0.717) is 18.1 Å². The number of nitrogens with zero attached hydrogens (tertiary/aromatic N) is 2. The zero-order valence-corrected chi connectivity index (χ0v) is 9.44. The average Bonchev–Trinajstić information content (AvgIpc) is 2.78. The third kappa shape index (κ3) is 2.41. The zero-order chi connectivity index (χ0) is 11.4. The summed E-state index contributed by atoms with van der Waals surface area (Å²) in [4.78, 5) is 13.8. The minimum atomic E-state index is -0.0363. The summed E-state index contributed by atoms with van der Waals surface area (Å²) < 4.78 is 9.90. The fourth-order valence-electron chi connectivity index (χ4n) is 1.88. The lowest BCUT2D eigenvalue weighted by molar-refractivity contribution is 0.0713. The Labute approximate surface area is 94.3 Å². The molecule has 0 bridgehead atoms. The molecule has 2 heterocycles. The van der Waals surface area contributed by atoms with Gasteiger partial charge in [-0.2, -0.15) is 0 Å². The second kappa shape index (κ2) is 5.12. The number of rotatable bonds is 3. The molecule has 88 valence electrons. The van der Waals surface area contributed by atoms with Crippen molar-refractivity contribution in [3.05, 3.63) is 17.5 Å². The Morgan fingerprint density at radius 3 is 2.94 bits per heavy atom. The normalized spacial score (nSPS) is 16.4.